The van der Waals surface area contributed by atoms with Crippen LogP contribution in [-0.4, -0.2) is 83.1 Å². The number of hydrogen-bond acceptors (Lipinski definition) is 5. The zero-order valence-corrected chi connectivity index (χ0v) is 27.1. The fourth-order valence-electron chi connectivity index (χ4n) is 5.50. The third-order valence-electron chi connectivity index (χ3n) is 8.41. The number of rotatable bonds is 10. The lowest BCUT2D eigenvalue weighted by Gasteiger charge is -2.41. The van der Waals surface area contributed by atoms with Gasteiger partial charge in [-0.3, -0.25) is 19.2 Å². The fraction of sp³-hybridized carbons (Fsp3) is 0.839. The summed E-state index contributed by atoms with van der Waals surface area (Å²) in [7, 11) is 0. The average molecular weight is 578 g/mol. The van der Waals surface area contributed by atoms with E-state index in [1.807, 2.05) is 53.4 Å². The van der Waals surface area contributed by atoms with Crippen molar-refractivity contribution in [3.05, 3.63) is 0 Å². The van der Waals surface area contributed by atoms with Crippen LogP contribution in [0.2, 0.25) is 0 Å². The molecule has 4 unspecified atom stereocenters. The Morgan fingerprint density at radius 2 is 1.61 bits per heavy atom. The van der Waals surface area contributed by atoms with E-state index >= 15 is 0 Å². The number of ketones is 1. The molecule has 5 amide bonds. The molecule has 4 atom stereocenters. The number of carbonyl (C=O) groups excluding carboxylic acids is 5. The number of nitrogens with one attached hydrogen (secondary N) is 3. The summed E-state index contributed by atoms with van der Waals surface area (Å²) in [6, 6.07) is -2.96. The summed E-state index contributed by atoms with van der Waals surface area (Å²) in [5.41, 5.74) is -0.993. The normalized spacial score (nSPS) is 21.6. The van der Waals surface area contributed by atoms with Crippen molar-refractivity contribution < 1.29 is 24.0 Å². The van der Waals surface area contributed by atoms with Crippen LogP contribution >= 0.6 is 0 Å². The molecule has 0 radical (unpaired) electrons. The van der Waals surface area contributed by atoms with E-state index in [-0.39, 0.29) is 40.4 Å². The Morgan fingerprint density at radius 3 is 2.12 bits per heavy atom. The second-order valence-electron chi connectivity index (χ2n) is 14.9. The van der Waals surface area contributed by atoms with Crippen molar-refractivity contribution in [1.82, 2.24) is 25.8 Å². The zero-order chi connectivity index (χ0) is 31.3. The summed E-state index contributed by atoms with van der Waals surface area (Å²) >= 11 is 0. The molecule has 2 rings (SSSR count). The fourth-order valence-corrected chi connectivity index (χ4v) is 5.50. The molecule has 0 aromatic carbocycles. The Labute approximate surface area is 247 Å². The molecule has 0 spiro atoms. The molecule has 0 aromatic rings. The van der Waals surface area contributed by atoms with Gasteiger partial charge in [-0.05, 0) is 48.9 Å². The van der Waals surface area contributed by atoms with Gasteiger partial charge in [0, 0.05) is 26.1 Å². The smallest absolute Gasteiger partial charge is 0.315 e. The summed E-state index contributed by atoms with van der Waals surface area (Å²) in [5.74, 6) is -0.667. The molecule has 0 aliphatic carbocycles. The monoisotopic (exact) mass is 577 g/mol. The van der Waals surface area contributed by atoms with E-state index in [0.717, 1.165) is 12.8 Å². The number of amides is 5. The van der Waals surface area contributed by atoms with E-state index in [1.165, 1.54) is 6.92 Å². The van der Waals surface area contributed by atoms with Crippen LogP contribution in [0.1, 0.15) is 108 Å². The first kappa shape index (κ1) is 34.6. The van der Waals surface area contributed by atoms with Crippen LogP contribution in [0, 0.1) is 16.2 Å². The van der Waals surface area contributed by atoms with E-state index in [1.54, 1.807) is 4.90 Å². The molecule has 3 N–H and O–H groups in total. The van der Waals surface area contributed by atoms with Crippen LogP contribution < -0.4 is 16.0 Å². The Kier molecular flexibility index (Phi) is 11.4. The van der Waals surface area contributed by atoms with Crippen molar-refractivity contribution in [3.8, 4) is 0 Å². The minimum atomic E-state index is -0.881. The third kappa shape index (κ3) is 9.70. The van der Waals surface area contributed by atoms with Gasteiger partial charge in [0.25, 0.3) is 0 Å². The Balaban J connectivity index is 2.16. The van der Waals surface area contributed by atoms with Crippen molar-refractivity contribution in [2.24, 2.45) is 16.2 Å². The van der Waals surface area contributed by atoms with Crippen LogP contribution in [0.4, 0.5) is 4.79 Å². The predicted molar refractivity (Wildman–Crippen MR) is 160 cm³/mol. The largest absolute Gasteiger partial charge is 0.345 e. The number of nitrogens with zero attached hydrogens (tertiary/aromatic N) is 2. The lowest BCUT2D eigenvalue weighted by atomic mass is 9.81. The standard InChI is InChI=1S/C31H55N5O5/c1-11-13-21(20(2)37)32-26(39)22-14-12-16-36(22)27(40)25(30(6,7)8)34-28(41)33-23(29(3,4)5)19-35-17-15-31(9,10)18-24(35)38/h21-23,25H,11-19H2,1-10H3,(H,32,39)(H2,33,34,41). The van der Waals surface area contributed by atoms with Gasteiger partial charge in [0.05, 0.1) is 12.1 Å². The number of Topliss-reactive ketones (excluding diaryl/α,β-unsaturated/α-hetero) is 1. The van der Waals surface area contributed by atoms with Crippen LogP contribution in [0.15, 0.2) is 0 Å². The molecule has 2 saturated heterocycles. The molecular weight excluding hydrogens is 522 g/mol. The number of hydrogen-bond donors (Lipinski definition) is 3. The van der Waals surface area contributed by atoms with Crippen LogP contribution in [0.3, 0.4) is 0 Å². The van der Waals surface area contributed by atoms with Crippen molar-refractivity contribution in [2.45, 2.75) is 132 Å². The Bertz CT molecular complexity index is 980. The Morgan fingerprint density at radius 1 is 0.976 bits per heavy atom. The highest BCUT2D eigenvalue weighted by Crippen LogP contribution is 2.32. The highest BCUT2D eigenvalue weighted by Gasteiger charge is 2.43. The van der Waals surface area contributed by atoms with Gasteiger partial charge < -0.3 is 25.8 Å². The van der Waals surface area contributed by atoms with E-state index in [4.69, 9.17) is 0 Å². The topological polar surface area (TPSA) is 128 Å². The van der Waals surface area contributed by atoms with Gasteiger partial charge >= 0.3 is 6.03 Å². The highest BCUT2D eigenvalue weighted by atomic mass is 16.2. The van der Waals surface area contributed by atoms with Crippen molar-refractivity contribution >= 4 is 29.5 Å². The summed E-state index contributed by atoms with van der Waals surface area (Å²) < 4.78 is 0. The van der Waals surface area contributed by atoms with E-state index < -0.39 is 29.6 Å². The van der Waals surface area contributed by atoms with Gasteiger partial charge in [0.2, 0.25) is 17.7 Å². The third-order valence-corrected chi connectivity index (χ3v) is 8.41. The SMILES string of the molecule is CCCC(NC(=O)C1CCCN1C(=O)C(NC(=O)NC(CN1CCC(C)(C)CC1=O)C(C)(C)C)C(C)(C)C)C(C)=O. The molecule has 2 heterocycles. The number of urea groups is 1. The molecule has 10 heteroatoms. The number of piperidine rings is 1. The van der Waals surface area contributed by atoms with Gasteiger partial charge in [0.1, 0.15) is 12.1 Å². The number of carbonyl (C=O) groups is 5. The predicted octanol–water partition coefficient (Wildman–Crippen LogP) is 3.63. The molecule has 0 saturated carbocycles. The van der Waals surface area contributed by atoms with Crippen molar-refractivity contribution in [3.63, 3.8) is 0 Å². The molecule has 0 bridgehead atoms. The minimum Gasteiger partial charge on any atom is -0.345 e. The molecule has 10 nitrogen and oxygen atoms in total. The first-order chi connectivity index (χ1) is 18.8. The molecular formula is C31H55N5O5. The highest BCUT2D eigenvalue weighted by molar-refractivity contribution is 5.94. The molecule has 0 aromatic heterocycles. The maximum Gasteiger partial charge on any atom is 0.315 e. The maximum atomic E-state index is 13.9. The van der Waals surface area contributed by atoms with E-state index in [9.17, 15) is 24.0 Å². The molecule has 2 aliphatic heterocycles. The summed E-state index contributed by atoms with van der Waals surface area (Å²) in [6.07, 6.45) is 3.85. The molecule has 234 valence electrons. The first-order valence-corrected chi connectivity index (χ1v) is 15.2. The zero-order valence-electron chi connectivity index (χ0n) is 27.1. The second kappa shape index (κ2) is 13.6. The van der Waals surface area contributed by atoms with Gasteiger partial charge in [-0.2, -0.15) is 0 Å². The lowest BCUT2D eigenvalue weighted by Crippen LogP contribution is -2.62. The quantitative estimate of drug-likeness (QED) is 0.365. The minimum absolute atomic E-state index is 0.0246. The summed E-state index contributed by atoms with van der Waals surface area (Å²) in [4.78, 5) is 68.7. The van der Waals surface area contributed by atoms with Gasteiger partial charge in [0.15, 0.2) is 5.78 Å². The average Bonchev–Trinajstić information content (AvgIpc) is 3.31. The maximum absolute atomic E-state index is 13.9. The van der Waals surface area contributed by atoms with Crippen LogP contribution in [0.25, 0.3) is 0 Å². The van der Waals surface area contributed by atoms with Gasteiger partial charge in [-0.1, -0.05) is 68.7 Å². The second-order valence-corrected chi connectivity index (χ2v) is 14.9. The van der Waals surface area contributed by atoms with Crippen molar-refractivity contribution in [1.29, 1.82) is 0 Å². The lowest BCUT2D eigenvalue weighted by molar-refractivity contribution is -0.142. The summed E-state index contributed by atoms with van der Waals surface area (Å²) in [6.45, 7) is 20.7. The number of likely N-dealkylation sites (tertiary alicyclic amines) is 2. The van der Waals surface area contributed by atoms with E-state index in [0.29, 0.717) is 45.3 Å². The Hall–Kier alpha value is -2.65. The van der Waals surface area contributed by atoms with Crippen LogP contribution in [0.5, 0.6) is 0 Å². The first-order valence-electron chi connectivity index (χ1n) is 15.2. The summed E-state index contributed by atoms with van der Waals surface area (Å²) in [5, 5.41) is 8.79. The molecule has 2 aliphatic rings. The van der Waals surface area contributed by atoms with E-state index in [2.05, 4.69) is 29.8 Å². The molecule has 2 fully saturated rings. The molecule has 41 heavy (non-hydrogen) atoms. The van der Waals surface area contributed by atoms with Crippen LogP contribution in [-0.2, 0) is 19.2 Å². The van der Waals surface area contributed by atoms with Crippen molar-refractivity contribution in [2.75, 3.05) is 19.6 Å². The van der Waals surface area contributed by atoms with Gasteiger partial charge in [-0.25, -0.2) is 4.79 Å². The van der Waals surface area contributed by atoms with Gasteiger partial charge in [-0.15, -0.1) is 0 Å².